The summed E-state index contributed by atoms with van der Waals surface area (Å²) in [5.41, 5.74) is 6.79. The van der Waals surface area contributed by atoms with Crippen LogP contribution in [0.3, 0.4) is 0 Å². The standard InChI is InChI=1S/C11H15N3O2/c1-3-7(2)9(12)11-13-10(14-16-11)8-4-5-15-6-8/h4-7,9H,3,12H2,1-2H3. The molecule has 2 atom stereocenters. The smallest absolute Gasteiger partial charge is 0.244 e. The van der Waals surface area contributed by atoms with E-state index >= 15 is 0 Å². The molecule has 86 valence electrons. The fraction of sp³-hybridized carbons (Fsp3) is 0.455. The highest BCUT2D eigenvalue weighted by Gasteiger charge is 2.20. The summed E-state index contributed by atoms with van der Waals surface area (Å²) in [6.45, 7) is 4.14. The maximum atomic E-state index is 6.00. The zero-order valence-electron chi connectivity index (χ0n) is 9.38. The van der Waals surface area contributed by atoms with Crippen molar-refractivity contribution in [3.63, 3.8) is 0 Å². The van der Waals surface area contributed by atoms with Crippen molar-refractivity contribution in [2.24, 2.45) is 11.7 Å². The van der Waals surface area contributed by atoms with Crippen molar-refractivity contribution in [3.05, 3.63) is 24.5 Å². The second-order valence-corrected chi connectivity index (χ2v) is 3.88. The first-order valence-corrected chi connectivity index (χ1v) is 5.34. The molecule has 0 fully saturated rings. The highest BCUT2D eigenvalue weighted by molar-refractivity contribution is 5.51. The Morgan fingerprint density at radius 1 is 1.50 bits per heavy atom. The predicted octanol–water partition coefficient (Wildman–Crippen LogP) is 2.38. The molecule has 0 aliphatic carbocycles. The van der Waals surface area contributed by atoms with Crippen molar-refractivity contribution in [3.8, 4) is 11.4 Å². The minimum absolute atomic E-state index is 0.210. The molecule has 0 saturated carbocycles. The fourth-order valence-electron chi connectivity index (χ4n) is 1.38. The molecule has 0 aliphatic heterocycles. The first kappa shape index (κ1) is 10.9. The van der Waals surface area contributed by atoms with Crippen molar-refractivity contribution in [1.29, 1.82) is 0 Å². The average Bonchev–Trinajstić information content (AvgIpc) is 2.96. The van der Waals surface area contributed by atoms with E-state index in [1.165, 1.54) is 0 Å². The fourth-order valence-corrected chi connectivity index (χ4v) is 1.38. The Morgan fingerprint density at radius 2 is 2.31 bits per heavy atom. The monoisotopic (exact) mass is 221 g/mol. The van der Waals surface area contributed by atoms with E-state index in [0.717, 1.165) is 12.0 Å². The second kappa shape index (κ2) is 4.49. The molecule has 0 aromatic carbocycles. The van der Waals surface area contributed by atoms with Gasteiger partial charge in [0.15, 0.2) is 0 Å². The Bertz CT molecular complexity index is 436. The summed E-state index contributed by atoms with van der Waals surface area (Å²) in [5.74, 6) is 1.31. The topological polar surface area (TPSA) is 78.1 Å². The third kappa shape index (κ3) is 1.99. The van der Waals surface area contributed by atoms with Crippen molar-refractivity contribution in [2.75, 3.05) is 0 Å². The molecule has 5 nitrogen and oxygen atoms in total. The van der Waals surface area contributed by atoms with Gasteiger partial charge in [0, 0.05) is 0 Å². The van der Waals surface area contributed by atoms with Crippen LogP contribution in [-0.4, -0.2) is 10.1 Å². The van der Waals surface area contributed by atoms with E-state index in [-0.39, 0.29) is 6.04 Å². The summed E-state index contributed by atoms with van der Waals surface area (Å²) in [4.78, 5) is 4.26. The Kier molecular flexibility index (Phi) is 3.05. The molecule has 2 unspecified atom stereocenters. The van der Waals surface area contributed by atoms with Crippen LogP contribution in [-0.2, 0) is 0 Å². The summed E-state index contributed by atoms with van der Waals surface area (Å²) < 4.78 is 10.1. The molecule has 2 heterocycles. The van der Waals surface area contributed by atoms with E-state index < -0.39 is 0 Å². The van der Waals surface area contributed by atoms with Crippen LogP contribution in [0.5, 0.6) is 0 Å². The van der Waals surface area contributed by atoms with Crippen molar-refractivity contribution in [2.45, 2.75) is 26.3 Å². The van der Waals surface area contributed by atoms with E-state index in [9.17, 15) is 0 Å². The minimum Gasteiger partial charge on any atom is -0.472 e. The largest absolute Gasteiger partial charge is 0.472 e. The van der Waals surface area contributed by atoms with Gasteiger partial charge >= 0.3 is 0 Å². The minimum atomic E-state index is -0.210. The van der Waals surface area contributed by atoms with E-state index in [0.29, 0.717) is 17.6 Å². The van der Waals surface area contributed by atoms with Crippen LogP contribution >= 0.6 is 0 Å². The Labute approximate surface area is 93.6 Å². The van der Waals surface area contributed by atoms with E-state index in [1.807, 2.05) is 0 Å². The van der Waals surface area contributed by atoms with E-state index in [4.69, 9.17) is 14.7 Å². The number of nitrogens with zero attached hydrogens (tertiary/aromatic N) is 2. The molecule has 16 heavy (non-hydrogen) atoms. The second-order valence-electron chi connectivity index (χ2n) is 3.88. The summed E-state index contributed by atoms with van der Waals surface area (Å²) in [5, 5.41) is 3.87. The Hall–Kier alpha value is -1.62. The average molecular weight is 221 g/mol. The third-order valence-electron chi connectivity index (χ3n) is 2.76. The molecular formula is C11H15N3O2. The molecule has 5 heteroatoms. The Balaban J connectivity index is 2.20. The van der Waals surface area contributed by atoms with Gasteiger partial charge in [-0.1, -0.05) is 25.4 Å². The number of rotatable bonds is 4. The predicted molar refractivity (Wildman–Crippen MR) is 58.4 cm³/mol. The van der Waals surface area contributed by atoms with Gasteiger partial charge in [0.2, 0.25) is 11.7 Å². The van der Waals surface area contributed by atoms with Crippen LogP contribution in [0, 0.1) is 5.92 Å². The van der Waals surface area contributed by atoms with Crippen LogP contribution in [0.25, 0.3) is 11.4 Å². The van der Waals surface area contributed by atoms with Crippen LogP contribution in [0.4, 0.5) is 0 Å². The van der Waals surface area contributed by atoms with Gasteiger partial charge in [-0.15, -0.1) is 0 Å². The normalized spacial score (nSPS) is 14.9. The van der Waals surface area contributed by atoms with Crippen LogP contribution in [0.1, 0.15) is 32.2 Å². The molecule has 0 amide bonds. The first-order chi connectivity index (χ1) is 7.72. The molecule has 0 radical (unpaired) electrons. The van der Waals surface area contributed by atoms with Crippen molar-refractivity contribution >= 4 is 0 Å². The van der Waals surface area contributed by atoms with Gasteiger partial charge in [0.25, 0.3) is 0 Å². The number of nitrogens with two attached hydrogens (primary N) is 1. The number of hydrogen-bond donors (Lipinski definition) is 1. The lowest BCUT2D eigenvalue weighted by molar-refractivity contribution is 0.312. The molecule has 2 aromatic heterocycles. The summed E-state index contributed by atoms with van der Waals surface area (Å²) in [6, 6.07) is 1.57. The van der Waals surface area contributed by atoms with Crippen LogP contribution in [0.15, 0.2) is 27.5 Å². The van der Waals surface area contributed by atoms with E-state index in [1.54, 1.807) is 18.6 Å². The SMILES string of the molecule is CCC(C)C(N)c1nc(-c2ccoc2)no1. The van der Waals surface area contributed by atoms with Gasteiger partial charge < -0.3 is 14.7 Å². The molecule has 0 spiro atoms. The van der Waals surface area contributed by atoms with Gasteiger partial charge in [-0.2, -0.15) is 4.98 Å². The number of furan rings is 1. The quantitative estimate of drug-likeness (QED) is 0.857. The molecule has 2 rings (SSSR count). The Morgan fingerprint density at radius 3 is 2.94 bits per heavy atom. The first-order valence-electron chi connectivity index (χ1n) is 5.34. The molecule has 2 N–H and O–H groups in total. The lowest BCUT2D eigenvalue weighted by Gasteiger charge is -2.12. The zero-order valence-corrected chi connectivity index (χ0v) is 9.38. The summed E-state index contributed by atoms with van der Waals surface area (Å²) >= 11 is 0. The summed E-state index contributed by atoms with van der Waals surface area (Å²) in [7, 11) is 0. The highest BCUT2D eigenvalue weighted by Crippen LogP contribution is 2.23. The lowest BCUT2D eigenvalue weighted by Crippen LogP contribution is -2.18. The molecule has 0 bridgehead atoms. The van der Waals surface area contributed by atoms with E-state index in [2.05, 4.69) is 24.0 Å². The third-order valence-corrected chi connectivity index (χ3v) is 2.76. The van der Waals surface area contributed by atoms with Crippen LogP contribution in [0.2, 0.25) is 0 Å². The van der Waals surface area contributed by atoms with Gasteiger partial charge in [0.05, 0.1) is 17.9 Å². The maximum Gasteiger partial charge on any atom is 0.244 e. The summed E-state index contributed by atoms with van der Waals surface area (Å²) in [6.07, 6.45) is 4.12. The highest BCUT2D eigenvalue weighted by atomic mass is 16.5. The van der Waals surface area contributed by atoms with Gasteiger partial charge in [-0.3, -0.25) is 0 Å². The molecule has 0 saturated heterocycles. The molecule has 2 aromatic rings. The van der Waals surface area contributed by atoms with Crippen LogP contribution < -0.4 is 5.73 Å². The van der Waals surface area contributed by atoms with Gasteiger partial charge in [0.1, 0.15) is 6.26 Å². The maximum absolute atomic E-state index is 6.00. The van der Waals surface area contributed by atoms with Gasteiger partial charge in [-0.05, 0) is 12.0 Å². The molecular weight excluding hydrogens is 206 g/mol. The van der Waals surface area contributed by atoms with Gasteiger partial charge in [-0.25, -0.2) is 0 Å². The van der Waals surface area contributed by atoms with Crippen molar-refractivity contribution < 1.29 is 8.94 Å². The number of aromatic nitrogens is 2. The molecule has 0 aliphatic rings. The number of hydrogen-bond acceptors (Lipinski definition) is 5. The zero-order chi connectivity index (χ0) is 11.5. The van der Waals surface area contributed by atoms with Crippen molar-refractivity contribution in [1.82, 2.24) is 10.1 Å². The lowest BCUT2D eigenvalue weighted by atomic mass is 10.0.